The summed E-state index contributed by atoms with van der Waals surface area (Å²) in [5.41, 5.74) is 0.697. The van der Waals surface area contributed by atoms with Crippen LogP contribution in [0.25, 0.3) is 0 Å². The predicted molar refractivity (Wildman–Crippen MR) is 61.3 cm³/mol. The highest BCUT2D eigenvalue weighted by Crippen LogP contribution is 2.14. The molecule has 1 rings (SSSR count). The molecule has 0 aromatic heterocycles. The van der Waals surface area contributed by atoms with Crippen LogP contribution in [0.4, 0.5) is 0 Å². The summed E-state index contributed by atoms with van der Waals surface area (Å²) in [5.74, 6) is 1.36. The topological polar surface area (TPSA) is 52.9 Å². The van der Waals surface area contributed by atoms with Gasteiger partial charge in [-0.05, 0) is 5.56 Å². The minimum atomic E-state index is -0.765. The Morgan fingerprint density at radius 2 is 2.12 bits per heavy atom. The van der Waals surface area contributed by atoms with Crippen LogP contribution in [-0.2, 0) is 4.79 Å². The summed E-state index contributed by atoms with van der Waals surface area (Å²) in [7, 11) is 0. The number of carbonyl (C=O) groups excluding carboxylic acids is 1. The van der Waals surface area contributed by atoms with Crippen LogP contribution >= 0.6 is 0 Å². The van der Waals surface area contributed by atoms with E-state index in [0.29, 0.717) is 18.5 Å². The number of hydrogen-bond donors (Lipinski definition) is 1. The number of rotatable bonds is 4. The van der Waals surface area contributed by atoms with Crippen LogP contribution in [0.3, 0.4) is 0 Å². The zero-order valence-electron chi connectivity index (χ0n) is 8.81. The summed E-state index contributed by atoms with van der Waals surface area (Å²) >= 11 is 0. The van der Waals surface area contributed by atoms with Gasteiger partial charge in [-0.25, -0.2) is 0 Å². The van der Waals surface area contributed by atoms with Gasteiger partial charge in [-0.3, -0.25) is 4.79 Å². The van der Waals surface area contributed by atoms with E-state index in [1.54, 1.807) is 24.3 Å². The molecule has 0 saturated heterocycles. The van der Waals surface area contributed by atoms with E-state index in [-0.39, 0.29) is 5.91 Å². The SMILES string of the molecule is C#CCCNC(=O)C(C#N)c1ccccc1. The van der Waals surface area contributed by atoms with Crippen molar-refractivity contribution in [3.05, 3.63) is 35.9 Å². The predicted octanol–water partition coefficient (Wildman–Crippen LogP) is 1.43. The molecule has 3 heteroatoms. The monoisotopic (exact) mass is 212 g/mol. The summed E-state index contributed by atoms with van der Waals surface area (Å²) in [5, 5.41) is 11.6. The molecule has 0 radical (unpaired) electrons. The molecule has 0 aliphatic carbocycles. The first-order valence-corrected chi connectivity index (χ1v) is 4.95. The third kappa shape index (κ3) is 3.15. The molecule has 80 valence electrons. The first-order chi connectivity index (χ1) is 7.79. The molecule has 0 aliphatic heterocycles. The second kappa shape index (κ2) is 6.27. The summed E-state index contributed by atoms with van der Waals surface area (Å²) in [6.45, 7) is 0.403. The van der Waals surface area contributed by atoms with Crippen LogP contribution in [0.2, 0.25) is 0 Å². The number of terminal acetylenes is 1. The average Bonchev–Trinajstić information content (AvgIpc) is 2.32. The van der Waals surface area contributed by atoms with Crippen molar-refractivity contribution in [3.8, 4) is 18.4 Å². The minimum absolute atomic E-state index is 0.302. The van der Waals surface area contributed by atoms with E-state index in [1.165, 1.54) is 0 Å². The van der Waals surface area contributed by atoms with E-state index in [4.69, 9.17) is 11.7 Å². The minimum Gasteiger partial charge on any atom is -0.354 e. The van der Waals surface area contributed by atoms with Crippen molar-refractivity contribution in [2.75, 3.05) is 6.54 Å². The largest absolute Gasteiger partial charge is 0.354 e. The molecule has 0 heterocycles. The van der Waals surface area contributed by atoms with Gasteiger partial charge in [0.15, 0.2) is 0 Å². The van der Waals surface area contributed by atoms with Crippen molar-refractivity contribution in [2.24, 2.45) is 0 Å². The highest BCUT2D eigenvalue weighted by atomic mass is 16.1. The molecule has 1 unspecified atom stereocenters. The molecule has 1 N–H and O–H groups in total. The van der Waals surface area contributed by atoms with Crippen molar-refractivity contribution >= 4 is 5.91 Å². The van der Waals surface area contributed by atoms with Gasteiger partial charge in [-0.2, -0.15) is 5.26 Å². The lowest BCUT2D eigenvalue weighted by Crippen LogP contribution is -2.29. The Morgan fingerprint density at radius 1 is 1.44 bits per heavy atom. The Labute approximate surface area is 95.1 Å². The van der Waals surface area contributed by atoms with Gasteiger partial charge in [0.25, 0.3) is 0 Å². The third-order valence-electron chi connectivity index (χ3n) is 2.09. The Kier molecular flexibility index (Phi) is 4.63. The Bertz CT molecular complexity index is 425. The van der Waals surface area contributed by atoms with Crippen molar-refractivity contribution in [3.63, 3.8) is 0 Å². The van der Waals surface area contributed by atoms with Gasteiger partial charge in [-0.1, -0.05) is 30.3 Å². The van der Waals surface area contributed by atoms with Crippen molar-refractivity contribution in [1.29, 1.82) is 5.26 Å². The van der Waals surface area contributed by atoms with Gasteiger partial charge in [0.2, 0.25) is 5.91 Å². The van der Waals surface area contributed by atoms with Gasteiger partial charge >= 0.3 is 0 Å². The summed E-state index contributed by atoms with van der Waals surface area (Å²) < 4.78 is 0. The first-order valence-electron chi connectivity index (χ1n) is 4.95. The van der Waals surface area contributed by atoms with Gasteiger partial charge in [0, 0.05) is 13.0 Å². The van der Waals surface area contributed by atoms with Gasteiger partial charge < -0.3 is 5.32 Å². The Morgan fingerprint density at radius 3 is 2.69 bits per heavy atom. The molecule has 0 saturated carbocycles. The van der Waals surface area contributed by atoms with Crippen LogP contribution in [0.1, 0.15) is 17.9 Å². The maximum atomic E-state index is 11.6. The highest BCUT2D eigenvalue weighted by molar-refractivity contribution is 5.86. The number of nitrogens with zero attached hydrogens (tertiary/aromatic N) is 1. The van der Waals surface area contributed by atoms with Crippen LogP contribution in [-0.4, -0.2) is 12.5 Å². The van der Waals surface area contributed by atoms with Crippen molar-refractivity contribution in [2.45, 2.75) is 12.3 Å². The zero-order valence-corrected chi connectivity index (χ0v) is 8.81. The molecule has 0 bridgehead atoms. The smallest absolute Gasteiger partial charge is 0.241 e. The molecule has 0 fully saturated rings. The summed E-state index contributed by atoms with van der Waals surface area (Å²) in [6.07, 6.45) is 5.54. The second-order valence-electron chi connectivity index (χ2n) is 3.22. The summed E-state index contributed by atoms with van der Waals surface area (Å²) in [4.78, 5) is 11.6. The van der Waals surface area contributed by atoms with E-state index in [0.717, 1.165) is 0 Å². The first kappa shape index (κ1) is 11.8. The van der Waals surface area contributed by atoms with Crippen molar-refractivity contribution < 1.29 is 4.79 Å². The number of hydrogen-bond acceptors (Lipinski definition) is 2. The van der Waals surface area contributed by atoms with E-state index < -0.39 is 5.92 Å². The van der Waals surface area contributed by atoms with E-state index >= 15 is 0 Å². The molecule has 1 atom stereocenters. The molecule has 0 spiro atoms. The van der Waals surface area contributed by atoms with E-state index in [2.05, 4.69) is 11.2 Å². The fraction of sp³-hybridized carbons (Fsp3) is 0.231. The molecular weight excluding hydrogens is 200 g/mol. The lowest BCUT2D eigenvalue weighted by atomic mass is 10.00. The molecule has 3 nitrogen and oxygen atoms in total. The zero-order chi connectivity index (χ0) is 11.8. The maximum Gasteiger partial charge on any atom is 0.241 e. The van der Waals surface area contributed by atoms with Crippen molar-refractivity contribution in [1.82, 2.24) is 5.32 Å². The quantitative estimate of drug-likeness (QED) is 0.606. The number of nitriles is 1. The fourth-order valence-corrected chi connectivity index (χ4v) is 1.29. The van der Waals surface area contributed by atoms with Gasteiger partial charge in [0.05, 0.1) is 6.07 Å². The lowest BCUT2D eigenvalue weighted by molar-refractivity contribution is -0.121. The van der Waals surface area contributed by atoms with Gasteiger partial charge in [-0.15, -0.1) is 12.3 Å². The van der Waals surface area contributed by atoms with E-state index in [9.17, 15) is 4.79 Å². The number of carbonyl (C=O) groups is 1. The fourth-order valence-electron chi connectivity index (χ4n) is 1.29. The van der Waals surface area contributed by atoms with Crippen LogP contribution in [0.5, 0.6) is 0 Å². The Balaban J connectivity index is 2.66. The van der Waals surface area contributed by atoms with Crippen LogP contribution in [0.15, 0.2) is 30.3 Å². The average molecular weight is 212 g/mol. The number of nitrogens with one attached hydrogen (secondary N) is 1. The molecule has 0 aliphatic rings. The number of amides is 1. The third-order valence-corrected chi connectivity index (χ3v) is 2.09. The molecule has 16 heavy (non-hydrogen) atoms. The second-order valence-corrected chi connectivity index (χ2v) is 3.22. The maximum absolute atomic E-state index is 11.6. The molecule has 1 aromatic rings. The normalized spacial score (nSPS) is 10.9. The van der Waals surface area contributed by atoms with E-state index in [1.807, 2.05) is 12.1 Å². The van der Waals surface area contributed by atoms with Crippen LogP contribution in [0, 0.1) is 23.7 Å². The Hall–Kier alpha value is -2.26. The highest BCUT2D eigenvalue weighted by Gasteiger charge is 2.18. The van der Waals surface area contributed by atoms with Crippen LogP contribution < -0.4 is 5.32 Å². The standard InChI is InChI=1S/C13H12N2O/c1-2-3-9-15-13(16)12(10-14)11-7-5-4-6-8-11/h1,4-8,12H,3,9H2,(H,15,16). The molecule has 1 amide bonds. The summed E-state index contributed by atoms with van der Waals surface area (Å²) in [6, 6.07) is 10.9. The molecular formula is C13H12N2O. The lowest BCUT2D eigenvalue weighted by Gasteiger charge is -2.09. The number of benzene rings is 1. The van der Waals surface area contributed by atoms with Gasteiger partial charge in [0.1, 0.15) is 5.92 Å². The molecule has 1 aromatic carbocycles.